The number of hydrogen-bond acceptors (Lipinski definition) is 7. The molecule has 0 saturated carbocycles. The third-order valence-corrected chi connectivity index (χ3v) is 4.75. The van der Waals surface area contributed by atoms with Crippen molar-refractivity contribution in [3.63, 3.8) is 0 Å². The largest absolute Gasteiger partial charge is 0.379 e. The number of imidazole rings is 1. The number of nitrogen functional groups attached to an aromatic ring is 1. The highest BCUT2D eigenvalue weighted by Gasteiger charge is 2.16. The van der Waals surface area contributed by atoms with Gasteiger partial charge in [0.15, 0.2) is 5.52 Å². The monoisotopic (exact) mass is 435 g/mol. The minimum Gasteiger partial charge on any atom is -0.379 e. The van der Waals surface area contributed by atoms with Gasteiger partial charge >= 0.3 is 0 Å². The van der Waals surface area contributed by atoms with Crippen LogP contribution in [0.25, 0.3) is 11.2 Å². The van der Waals surface area contributed by atoms with E-state index in [1.807, 2.05) is 60.7 Å². The van der Waals surface area contributed by atoms with Crippen molar-refractivity contribution in [2.75, 3.05) is 12.3 Å². The minimum atomic E-state index is -0.602. The summed E-state index contributed by atoms with van der Waals surface area (Å²) in [5.74, 6) is -0.0103. The standard InChI is InChI=1S/C23H25N5O4/c24-23-26-21-20(22(29)27-23)25-16-28(21)32-19(31-15-18-10-5-2-6-11-18)12-7-13-30-14-17-8-3-1-4-9-17/h1-6,8-11,16,19H,7,12-15H2,(H3,24,26,27,29). The molecule has 4 aromatic rings. The van der Waals surface area contributed by atoms with Crippen molar-refractivity contribution < 1.29 is 14.3 Å². The second kappa shape index (κ2) is 10.6. The van der Waals surface area contributed by atoms with Crippen LogP contribution in [0, 0.1) is 0 Å². The first-order valence-corrected chi connectivity index (χ1v) is 10.4. The fraction of sp³-hybridized carbons (Fsp3) is 0.261. The molecular formula is C23H25N5O4. The lowest BCUT2D eigenvalue weighted by molar-refractivity contribution is -0.155. The van der Waals surface area contributed by atoms with Gasteiger partial charge in [-0.3, -0.25) is 9.78 Å². The molecule has 166 valence electrons. The quantitative estimate of drug-likeness (QED) is 0.275. The van der Waals surface area contributed by atoms with Crippen molar-refractivity contribution in [3.05, 3.63) is 88.5 Å². The summed E-state index contributed by atoms with van der Waals surface area (Å²) in [5.41, 5.74) is 7.77. The number of anilines is 1. The van der Waals surface area contributed by atoms with Crippen LogP contribution >= 0.6 is 0 Å². The summed E-state index contributed by atoms with van der Waals surface area (Å²) in [5, 5.41) is 0. The van der Waals surface area contributed by atoms with Crippen LogP contribution in [0.4, 0.5) is 5.95 Å². The van der Waals surface area contributed by atoms with E-state index in [9.17, 15) is 4.79 Å². The number of fused-ring (bicyclic) bond motifs is 1. The Hall–Kier alpha value is -3.69. The number of aromatic amines is 1. The number of nitrogens with one attached hydrogen (secondary N) is 1. The summed E-state index contributed by atoms with van der Waals surface area (Å²) in [7, 11) is 0. The molecule has 1 unspecified atom stereocenters. The van der Waals surface area contributed by atoms with E-state index in [4.69, 9.17) is 20.0 Å². The van der Waals surface area contributed by atoms with E-state index < -0.39 is 11.8 Å². The molecule has 0 fully saturated rings. The maximum absolute atomic E-state index is 12.0. The van der Waals surface area contributed by atoms with Crippen molar-refractivity contribution in [1.82, 2.24) is 19.7 Å². The van der Waals surface area contributed by atoms with Gasteiger partial charge in [0.2, 0.25) is 17.9 Å². The number of rotatable bonds is 11. The first kappa shape index (κ1) is 21.5. The highest BCUT2D eigenvalue weighted by Crippen LogP contribution is 2.12. The average Bonchev–Trinajstić information content (AvgIpc) is 3.21. The second-order valence-corrected chi connectivity index (χ2v) is 7.21. The summed E-state index contributed by atoms with van der Waals surface area (Å²) in [6.07, 6.45) is 2.07. The molecule has 0 bridgehead atoms. The Balaban J connectivity index is 1.38. The Morgan fingerprint density at radius 2 is 1.69 bits per heavy atom. The van der Waals surface area contributed by atoms with E-state index in [-0.39, 0.29) is 17.1 Å². The number of benzene rings is 2. The van der Waals surface area contributed by atoms with Crippen LogP contribution in [0.5, 0.6) is 0 Å². The maximum Gasteiger partial charge on any atom is 0.280 e. The number of H-pyrrole nitrogens is 1. The van der Waals surface area contributed by atoms with E-state index in [2.05, 4.69) is 15.0 Å². The van der Waals surface area contributed by atoms with Gasteiger partial charge in [0, 0.05) is 13.0 Å². The third-order valence-electron chi connectivity index (χ3n) is 4.75. The van der Waals surface area contributed by atoms with Gasteiger partial charge in [-0.15, -0.1) is 4.73 Å². The van der Waals surface area contributed by atoms with Crippen LogP contribution in [0.1, 0.15) is 24.0 Å². The Bertz CT molecular complexity index is 1180. The molecule has 0 aliphatic carbocycles. The molecule has 0 amide bonds. The molecule has 0 radical (unpaired) electrons. The Morgan fingerprint density at radius 1 is 1.00 bits per heavy atom. The summed E-state index contributed by atoms with van der Waals surface area (Å²) in [4.78, 5) is 28.6. The molecule has 4 rings (SSSR count). The van der Waals surface area contributed by atoms with E-state index in [0.717, 1.165) is 17.5 Å². The molecule has 9 nitrogen and oxygen atoms in total. The number of hydrogen-bond donors (Lipinski definition) is 2. The van der Waals surface area contributed by atoms with E-state index in [1.54, 1.807) is 0 Å². The first-order chi connectivity index (χ1) is 15.7. The first-order valence-electron chi connectivity index (χ1n) is 10.4. The van der Waals surface area contributed by atoms with Crippen LogP contribution in [0.15, 0.2) is 71.8 Å². The van der Waals surface area contributed by atoms with Gasteiger partial charge in [0.25, 0.3) is 5.56 Å². The minimum absolute atomic E-state index is 0.0103. The predicted octanol–water partition coefficient (Wildman–Crippen LogP) is 2.67. The van der Waals surface area contributed by atoms with Crippen LogP contribution in [0.2, 0.25) is 0 Å². The molecule has 9 heteroatoms. The third kappa shape index (κ3) is 5.71. The SMILES string of the molecule is Nc1nc2c(ncn2OC(CCCOCc2ccccc2)OCc2ccccc2)c(=O)[nH]1. The lowest BCUT2D eigenvalue weighted by Crippen LogP contribution is -2.28. The molecule has 2 aromatic carbocycles. The molecular weight excluding hydrogens is 410 g/mol. The van der Waals surface area contributed by atoms with E-state index in [1.165, 1.54) is 11.1 Å². The molecule has 0 aliphatic rings. The molecule has 2 aromatic heterocycles. The van der Waals surface area contributed by atoms with E-state index >= 15 is 0 Å². The lowest BCUT2D eigenvalue weighted by Gasteiger charge is -2.19. The molecule has 1 atom stereocenters. The Morgan fingerprint density at radius 3 is 2.41 bits per heavy atom. The smallest absolute Gasteiger partial charge is 0.280 e. The summed E-state index contributed by atoms with van der Waals surface area (Å²) < 4.78 is 13.1. The topological polar surface area (TPSA) is 117 Å². The number of aromatic nitrogens is 4. The highest BCUT2D eigenvalue weighted by molar-refractivity contribution is 5.69. The summed E-state index contributed by atoms with van der Waals surface area (Å²) in [6, 6.07) is 19.8. The van der Waals surface area contributed by atoms with Crippen molar-refractivity contribution in [3.8, 4) is 0 Å². The summed E-state index contributed by atoms with van der Waals surface area (Å²) in [6.45, 7) is 1.48. The van der Waals surface area contributed by atoms with Crippen LogP contribution in [-0.4, -0.2) is 32.6 Å². The summed E-state index contributed by atoms with van der Waals surface area (Å²) >= 11 is 0. The zero-order chi connectivity index (χ0) is 22.2. The normalized spacial score (nSPS) is 12.1. The van der Waals surface area contributed by atoms with Crippen LogP contribution in [-0.2, 0) is 22.7 Å². The number of nitrogens with zero attached hydrogens (tertiary/aromatic N) is 3. The molecule has 3 N–H and O–H groups in total. The second-order valence-electron chi connectivity index (χ2n) is 7.21. The van der Waals surface area contributed by atoms with Gasteiger partial charge in [0.05, 0.1) is 13.2 Å². The van der Waals surface area contributed by atoms with Crippen LogP contribution < -0.4 is 16.1 Å². The van der Waals surface area contributed by atoms with Gasteiger partial charge in [-0.25, -0.2) is 4.98 Å². The fourth-order valence-electron chi connectivity index (χ4n) is 3.16. The van der Waals surface area contributed by atoms with Crippen molar-refractivity contribution >= 4 is 17.1 Å². The maximum atomic E-state index is 12.0. The van der Waals surface area contributed by atoms with Gasteiger partial charge in [-0.05, 0) is 17.5 Å². The highest BCUT2D eigenvalue weighted by atomic mass is 16.8. The number of ether oxygens (including phenoxy) is 2. The molecule has 2 heterocycles. The van der Waals surface area contributed by atoms with Gasteiger partial charge in [0.1, 0.15) is 6.33 Å². The zero-order valence-electron chi connectivity index (χ0n) is 17.5. The van der Waals surface area contributed by atoms with Crippen molar-refractivity contribution in [2.45, 2.75) is 32.3 Å². The zero-order valence-corrected chi connectivity index (χ0v) is 17.5. The van der Waals surface area contributed by atoms with Gasteiger partial charge < -0.3 is 20.0 Å². The lowest BCUT2D eigenvalue weighted by atomic mass is 10.2. The fourth-order valence-corrected chi connectivity index (χ4v) is 3.16. The van der Waals surface area contributed by atoms with Crippen LogP contribution in [0.3, 0.4) is 0 Å². The van der Waals surface area contributed by atoms with Crippen molar-refractivity contribution in [2.24, 2.45) is 0 Å². The van der Waals surface area contributed by atoms with Gasteiger partial charge in [-0.2, -0.15) is 4.98 Å². The molecule has 0 aliphatic heterocycles. The van der Waals surface area contributed by atoms with E-state index in [0.29, 0.717) is 26.2 Å². The van der Waals surface area contributed by atoms with Crippen molar-refractivity contribution in [1.29, 1.82) is 0 Å². The molecule has 0 spiro atoms. The Kier molecular flexibility index (Phi) is 7.11. The predicted molar refractivity (Wildman–Crippen MR) is 119 cm³/mol. The Labute approximate surface area is 184 Å². The molecule has 32 heavy (non-hydrogen) atoms. The van der Waals surface area contributed by atoms with Gasteiger partial charge in [-0.1, -0.05) is 60.7 Å². The average molecular weight is 435 g/mol. The molecule has 0 saturated heterocycles. The number of nitrogens with two attached hydrogens (primary N) is 1.